The van der Waals surface area contributed by atoms with Crippen LogP contribution in [0.1, 0.15) is 36.8 Å². The van der Waals surface area contributed by atoms with Gasteiger partial charge in [0.25, 0.3) is 0 Å². The van der Waals surface area contributed by atoms with Crippen LogP contribution in [0.5, 0.6) is 0 Å². The van der Waals surface area contributed by atoms with E-state index in [4.69, 9.17) is 0 Å². The zero-order chi connectivity index (χ0) is 10.5. The molecule has 1 aliphatic rings. The second-order valence-corrected chi connectivity index (χ2v) is 4.67. The standard InChI is InChI=1S/C14H21N/c1-12-5-7-13(8-6-12)9-10-14-4-2-3-11-15-14/h5-8,14-15H,2-4,9-11H2,1H3. The molecule has 82 valence electrons. The van der Waals surface area contributed by atoms with E-state index in [1.165, 1.54) is 49.8 Å². The van der Waals surface area contributed by atoms with Gasteiger partial charge in [-0.1, -0.05) is 36.2 Å². The molecule has 1 heterocycles. The first kappa shape index (κ1) is 10.7. The Hall–Kier alpha value is -0.820. The third-order valence-electron chi connectivity index (χ3n) is 3.31. The number of hydrogen-bond donors (Lipinski definition) is 1. The van der Waals surface area contributed by atoms with Crippen LogP contribution in [0.25, 0.3) is 0 Å². The molecule has 1 heteroatoms. The van der Waals surface area contributed by atoms with Gasteiger partial charge in [0.1, 0.15) is 0 Å². The van der Waals surface area contributed by atoms with Crippen molar-refractivity contribution < 1.29 is 0 Å². The van der Waals surface area contributed by atoms with Crippen molar-refractivity contribution in [3.63, 3.8) is 0 Å². The average Bonchev–Trinajstić information content (AvgIpc) is 2.30. The van der Waals surface area contributed by atoms with E-state index in [0.717, 1.165) is 6.04 Å². The molecule has 1 aromatic rings. The van der Waals surface area contributed by atoms with E-state index in [-0.39, 0.29) is 0 Å². The molecule has 0 aromatic heterocycles. The maximum atomic E-state index is 3.60. The second kappa shape index (κ2) is 5.32. The molecule has 2 rings (SSSR count). The Labute approximate surface area is 92.9 Å². The van der Waals surface area contributed by atoms with Gasteiger partial charge >= 0.3 is 0 Å². The first-order chi connectivity index (χ1) is 7.34. The summed E-state index contributed by atoms with van der Waals surface area (Å²) in [7, 11) is 0. The summed E-state index contributed by atoms with van der Waals surface area (Å²) in [5.41, 5.74) is 2.84. The molecule has 0 bridgehead atoms. The molecule has 1 nitrogen and oxygen atoms in total. The van der Waals surface area contributed by atoms with E-state index in [1.807, 2.05) is 0 Å². The van der Waals surface area contributed by atoms with Gasteiger partial charge in [-0.3, -0.25) is 0 Å². The van der Waals surface area contributed by atoms with Crippen molar-refractivity contribution in [3.05, 3.63) is 35.4 Å². The van der Waals surface area contributed by atoms with Gasteiger partial charge in [-0.15, -0.1) is 0 Å². The Bertz CT molecular complexity index is 283. The van der Waals surface area contributed by atoms with E-state index in [1.54, 1.807) is 0 Å². The molecular formula is C14H21N. The fourth-order valence-corrected chi connectivity index (χ4v) is 2.27. The Morgan fingerprint density at radius 3 is 2.67 bits per heavy atom. The zero-order valence-electron chi connectivity index (χ0n) is 9.63. The summed E-state index contributed by atoms with van der Waals surface area (Å²) in [5.74, 6) is 0. The van der Waals surface area contributed by atoms with Crippen molar-refractivity contribution in [3.8, 4) is 0 Å². The lowest BCUT2D eigenvalue weighted by atomic mass is 9.98. The van der Waals surface area contributed by atoms with Crippen LogP contribution in [-0.4, -0.2) is 12.6 Å². The van der Waals surface area contributed by atoms with Crippen LogP contribution in [0, 0.1) is 6.92 Å². The molecule has 0 spiro atoms. The van der Waals surface area contributed by atoms with Crippen molar-refractivity contribution in [2.45, 2.75) is 45.1 Å². The van der Waals surface area contributed by atoms with Crippen LogP contribution in [0.15, 0.2) is 24.3 Å². The van der Waals surface area contributed by atoms with Crippen LogP contribution >= 0.6 is 0 Å². The zero-order valence-corrected chi connectivity index (χ0v) is 9.63. The predicted octanol–water partition coefficient (Wildman–Crippen LogP) is 3.07. The summed E-state index contributed by atoms with van der Waals surface area (Å²) in [5, 5.41) is 3.60. The van der Waals surface area contributed by atoms with Crippen molar-refractivity contribution in [2.24, 2.45) is 0 Å². The lowest BCUT2D eigenvalue weighted by Gasteiger charge is -2.23. The minimum absolute atomic E-state index is 0.764. The third kappa shape index (κ3) is 3.35. The van der Waals surface area contributed by atoms with Gasteiger partial charge in [0.05, 0.1) is 0 Å². The highest BCUT2D eigenvalue weighted by atomic mass is 14.9. The second-order valence-electron chi connectivity index (χ2n) is 4.67. The van der Waals surface area contributed by atoms with Gasteiger partial charge in [0.15, 0.2) is 0 Å². The van der Waals surface area contributed by atoms with Crippen LogP contribution < -0.4 is 5.32 Å². The van der Waals surface area contributed by atoms with Gasteiger partial charge in [-0.05, 0) is 44.7 Å². The van der Waals surface area contributed by atoms with Gasteiger partial charge in [-0.25, -0.2) is 0 Å². The molecule has 1 fully saturated rings. The number of aryl methyl sites for hydroxylation is 2. The number of nitrogens with one attached hydrogen (secondary N) is 1. The average molecular weight is 203 g/mol. The molecule has 1 aliphatic heterocycles. The Balaban J connectivity index is 1.79. The molecule has 1 N–H and O–H groups in total. The monoisotopic (exact) mass is 203 g/mol. The summed E-state index contributed by atoms with van der Waals surface area (Å²) in [6.45, 7) is 3.37. The topological polar surface area (TPSA) is 12.0 Å². The van der Waals surface area contributed by atoms with Crippen molar-refractivity contribution >= 4 is 0 Å². The molecule has 0 aliphatic carbocycles. The fraction of sp³-hybridized carbons (Fsp3) is 0.571. The molecule has 1 atom stereocenters. The lowest BCUT2D eigenvalue weighted by molar-refractivity contribution is 0.383. The van der Waals surface area contributed by atoms with Gasteiger partial charge in [0, 0.05) is 6.04 Å². The molecule has 0 saturated carbocycles. The molecule has 0 amide bonds. The molecule has 15 heavy (non-hydrogen) atoms. The van der Waals surface area contributed by atoms with E-state index in [0.29, 0.717) is 0 Å². The molecule has 1 unspecified atom stereocenters. The molecule has 1 saturated heterocycles. The van der Waals surface area contributed by atoms with Crippen LogP contribution in [0.2, 0.25) is 0 Å². The molecule has 0 radical (unpaired) electrons. The summed E-state index contributed by atoms with van der Waals surface area (Å²) in [4.78, 5) is 0. The smallest absolute Gasteiger partial charge is 0.00702 e. The van der Waals surface area contributed by atoms with Gasteiger partial charge < -0.3 is 5.32 Å². The third-order valence-corrected chi connectivity index (χ3v) is 3.31. The minimum Gasteiger partial charge on any atom is -0.314 e. The summed E-state index contributed by atoms with van der Waals surface area (Å²) >= 11 is 0. The summed E-state index contributed by atoms with van der Waals surface area (Å²) in [6, 6.07) is 9.71. The van der Waals surface area contributed by atoms with Crippen LogP contribution in [0.4, 0.5) is 0 Å². The van der Waals surface area contributed by atoms with Crippen LogP contribution in [0.3, 0.4) is 0 Å². The van der Waals surface area contributed by atoms with Crippen molar-refractivity contribution in [1.29, 1.82) is 0 Å². The number of benzene rings is 1. The summed E-state index contributed by atoms with van der Waals surface area (Å²) < 4.78 is 0. The highest BCUT2D eigenvalue weighted by molar-refractivity contribution is 5.21. The highest BCUT2D eigenvalue weighted by Gasteiger charge is 2.11. The Morgan fingerprint density at radius 2 is 2.00 bits per heavy atom. The van der Waals surface area contributed by atoms with Gasteiger partial charge in [-0.2, -0.15) is 0 Å². The van der Waals surface area contributed by atoms with Crippen molar-refractivity contribution in [2.75, 3.05) is 6.54 Å². The quantitative estimate of drug-likeness (QED) is 0.796. The molecule has 1 aromatic carbocycles. The van der Waals surface area contributed by atoms with E-state index in [2.05, 4.69) is 36.5 Å². The predicted molar refractivity (Wildman–Crippen MR) is 65.1 cm³/mol. The molecular weight excluding hydrogens is 182 g/mol. The highest BCUT2D eigenvalue weighted by Crippen LogP contribution is 2.13. The number of rotatable bonds is 3. The van der Waals surface area contributed by atoms with E-state index >= 15 is 0 Å². The fourth-order valence-electron chi connectivity index (χ4n) is 2.27. The maximum absolute atomic E-state index is 3.60. The minimum atomic E-state index is 0.764. The normalized spacial score (nSPS) is 21.5. The van der Waals surface area contributed by atoms with Crippen LogP contribution in [-0.2, 0) is 6.42 Å². The van der Waals surface area contributed by atoms with E-state index < -0.39 is 0 Å². The number of hydrogen-bond acceptors (Lipinski definition) is 1. The summed E-state index contributed by atoms with van der Waals surface area (Å²) in [6.07, 6.45) is 6.65. The number of piperidine rings is 1. The largest absolute Gasteiger partial charge is 0.314 e. The first-order valence-electron chi connectivity index (χ1n) is 6.13. The van der Waals surface area contributed by atoms with Crippen molar-refractivity contribution in [1.82, 2.24) is 5.32 Å². The first-order valence-corrected chi connectivity index (χ1v) is 6.13. The lowest BCUT2D eigenvalue weighted by Crippen LogP contribution is -2.34. The maximum Gasteiger partial charge on any atom is 0.00702 e. The van der Waals surface area contributed by atoms with Gasteiger partial charge in [0.2, 0.25) is 0 Å². The Morgan fingerprint density at radius 1 is 1.20 bits per heavy atom. The Kier molecular flexibility index (Phi) is 3.79. The van der Waals surface area contributed by atoms with E-state index in [9.17, 15) is 0 Å². The SMILES string of the molecule is Cc1ccc(CCC2CCCCN2)cc1.